The van der Waals surface area contributed by atoms with Gasteiger partial charge in [0.15, 0.2) is 0 Å². The van der Waals surface area contributed by atoms with Gasteiger partial charge in [-0.25, -0.2) is 4.79 Å². The molecule has 0 aliphatic carbocycles. The van der Waals surface area contributed by atoms with Gasteiger partial charge in [0.05, 0.1) is 12.7 Å². The first-order valence-corrected chi connectivity index (χ1v) is 18.2. The summed E-state index contributed by atoms with van der Waals surface area (Å²) >= 11 is 0. The van der Waals surface area contributed by atoms with Crippen LogP contribution in [0.25, 0.3) is 0 Å². The second-order valence-electron chi connectivity index (χ2n) is 14.6. The molecule has 4 amide bonds. The quantitative estimate of drug-likeness (QED) is 0.149. The Labute approximate surface area is 316 Å². The number of imide groups is 1. The van der Waals surface area contributed by atoms with Crippen molar-refractivity contribution in [1.29, 1.82) is 0 Å². The van der Waals surface area contributed by atoms with Gasteiger partial charge in [0.1, 0.15) is 17.8 Å². The Bertz CT molecular complexity index is 1840. The summed E-state index contributed by atoms with van der Waals surface area (Å²) in [6.45, 7) is 9.45. The molecule has 0 aromatic heterocycles. The van der Waals surface area contributed by atoms with Crippen LogP contribution in [0.5, 0.6) is 5.75 Å². The third kappa shape index (κ3) is 8.12. The van der Waals surface area contributed by atoms with E-state index in [0.717, 1.165) is 17.0 Å². The fraction of sp³-hybridized carbons (Fsp3) is 0.475. The number of urea groups is 1. The molecule has 2 aliphatic rings. The molecule has 0 radical (unpaired) electrons. The monoisotopic (exact) mass is 776 g/mol. The molecular formula is C40H46F6N4O5. The average molecular weight is 777 g/mol. The largest absolute Gasteiger partial charge is 0.491 e. The van der Waals surface area contributed by atoms with Gasteiger partial charge >= 0.3 is 18.4 Å². The maximum absolute atomic E-state index is 14.7. The van der Waals surface area contributed by atoms with Crippen LogP contribution in [-0.2, 0) is 38.5 Å². The number of piperazine rings is 1. The number of hydrogen-bond acceptors (Lipinski definition) is 6. The normalized spacial score (nSPS) is 21.0. The number of rotatable bonds is 12. The van der Waals surface area contributed by atoms with Crippen molar-refractivity contribution >= 4 is 23.5 Å². The standard InChI is InChI=1S/C40H46F6N4O5/c1-7-11-29-20-31(38(39(41,42)43,40(44,45)46)54-24-28-12-9-8-10-13-28)16-19-33(29)48-21-27(5)49(22-26(48)4)34(51)23-50-35(52)37(6,47-36(50)53)30-14-17-32(18-15-30)55-25(2)3/h8-10,12-20,25-27H,7,11,21-24H2,1-6H3,(H,47,53)/t26-,27+,37+/m1/s1. The zero-order valence-electron chi connectivity index (χ0n) is 31.6. The first kappa shape index (κ1) is 41.4. The van der Waals surface area contributed by atoms with Crippen molar-refractivity contribution in [1.82, 2.24) is 15.1 Å². The van der Waals surface area contributed by atoms with Crippen LogP contribution in [0.4, 0.5) is 36.8 Å². The van der Waals surface area contributed by atoms with Gasteiger partial charge in [0.25, 0.3) is 11.5 Å². The number of anilines is 1. The van der Waals surface area contributed by atoms with Gasteiger partial charge in [-0.05, 0) is 75.9 Å². The highest BCUT2D eigenvalue weighted by Crippen LogP contribution is 2.54. The maximum atomic E-state index is 14.7. The maximum Gasteiger partial charge on any atom is 0.430 e. The number of ether oxygens (including phenoxy) is 2. The van der Waals surface area contributed by atoms with E-state index in [1.165, 1.54) is 35.2 Å². The topological polar surface area (TPSA) is 91.4 Å². The van der Waals surface area contributed by atoms with Crippen LogP contribution in [0.3, 0.4) is 0 Å². The van der Waals surface area contributed by atoms with Crippen molar-refractivity contribution in [3.8, 4) is 5.75 Å². The summed E-state index contributed by atoms with van der Waals surface area (Å²) in [5.74, 6) is -0.504. The molecule has 2 aliphatic heterocycles. The summed E-state index contributed by atoms with van der Waals surface area (Å²) in [4.78, 5) is 44.6. The lowest BCUT2D eigenvalue weighted by Crippen LogP contribution is -2.60. The van der Waals surface area contributed by atoms with Crippen LogP contribution in [0.15, 0.2) is 72.8 Å². The summed E-state index contributed by atoms with van der Waals surface area (Å²) in [7, 11) is 0. The van der Waals surface area contributed by atoms with E-state index in [4.69, 9.17) is 9.47 Å². The molecular weight excluding hydrogens is 730 g/mol. The van der Waals surface area contributed by atoms with Crippen molar-refractivity contribution in [3.05, 3.63) is 95.1 Å². The first-order chi connectivity index (χ1) is 25.7. The summed E-state index contributed by atoms with van der Waals surface area (Å²) in [6.07, 6.45) is -11.2. The molecule has 3 aromatic rings. The number of nitrogens with zero attached hydrogens (tertiary/aromatic N) is 3. The van der Waals surface area contributed by atoms with Crippen LogP contribution >= 0.6 is 0 Å². The Morgan fingerprint density at radius 3 is 2.13 bits per heavy atom. The van der Waals surface area contributed by atoms with Crippen LogP contribution in [0.2, 0.25) is 0 Å². The van der Waals surface area contributed by atoms with Crippen molar-refractivity contribution in [2.24, 2.45) is 0 Å². The lowest BCUT2D eigenvalue weighted by atomic mass is 9.88. The Hall–Kier alpha value is -4.79. The van der Waals surface area contributed by atoms with E-state index in [0.29, 0.717) is 23.4 Å². The van der Waals surface area contributed by atoms with Gasteiger partial charge in [-0.2, -0.15) is 26.3 Å². The van der Waals surface area contributed by atoms with Gasteiger partial charge in [0.2, 0.25) is 5.91 Å². The number of carbonyl (C=O) groups excluding carboxylic acids is 3. The number of amides is 4. The van der Waals surface area contributed by atoms with E-state index in [9.17, 15) is 40.7 Å². The molecule has 9 nitrogen and oxygen atoms in total. The van der Waals surface area contributed by atoms with E-state index < -0.39 is 72.1 Å². The van der Waals surface area contributed by atoms with E-state index in [2.05, 4.69) is 5.32 Å². The minimum absolute atomic E-state index is 0.0611. The molecule has 2 saturated heterocycles. The van der Waals surface area contributed by atoms with E-state index in [1.807, 2.05) is 18.7 Å². The Morgan fingerprint density at radius 1 is 0.909 bits per heavy atom. The summed E-state index contributed by atoms with van der Waals surface area (Å²) in [5.41, 5.74) is -5.74. The van der Waals surface area contributed by atoms with Crippen molar-refractivity contribution in [2.45, 2.75) is 103 Å². The molecule has 0 unspecified atom stereocenters. The highest BCUT2D eigenvalue weighted by Gasteiger charge is 2.73. The number of alkyl halides is 6. The predicted molar refractivity (Wildman–Crippen MR) is 193 cm³/mol. The molecule has 3 atom stereocenters. The third-order valence-electron chi connectivity index (χ3n) is 10.1. The molecule has 15 heteroatoms. The van der Waals surface area contributed by atoms with Gasteiger partial charge in [-0.1, -0.05) is 67.9 Å². The lowest BCUT2D eigenvalue weighted by Gasteiger charge is -2.46. The van der Waals surface area contributed by atoms with Gasteiger partial charge in [-0.15, -0.1) is 0 Å². The summed E-state index contributed by atoms with van der Waals surface area (Å²) in [6, 6.07) is 15.4. The second kappa shape index (κ2) is 15.8. The highest BCUT2D eigenvalue weighted by molar-refractivity contribution is 6.09. The van der Waals surface area contributed by atoms with Gasteiger partial charge < -0.3 is 24.6 Å². The molecule has 3 aromatic carbocycles. The SMILES string of the molecule is CCCc1cc(C(OCc2ccccc2)(C(F)(F)F)C(F)(F)F)ccc1N1C[C@H](C)N(C(=O)CN2C(=O)N[C@@](C)(c3ccc(OC(C)C)cc3)C2=O)C[C@H]1C. The summed E-state index contributed by atoms with van der Waals surface area (Å²) in [5, 5.41) is 2.70. The smallest absolute Gasteiger partial charge is 0.430 e. The number of carbonyl (C=O) groups is 3. The molecule has 298 valence electrons. The molecule has 55 heavy (non-hydrogen) atoms. The molecule has 2 fully saturated rings. The molecule has 0 spiro atoms. The number of halogens is 6. The minimum Gasteiger partial charge on any atom is -0.491 e. The molecule has 2 heterocycles. The Balaban J connectivity index is 1.36. The van der Waals surface area contributed by atoms with Crippen LogP contribution < -0.4 is 15.0 Å². The van der Waals surface area contributed by atoms with Crippen LogP contribution in [0.1, 0.15) is 70.2 Å². The molecule has 0 bridgehead atoms. The second-order valence-corrected chi connectivity index (χ2v) is 14.6. The van der Waals surface area contributed by atoms with Crippen LogP contribution in [0, 0.1) is 0 Å². The molecule has 1 N–H and O–H groups in total. The fourth-order valence-corrected chi connectivity index (χ4v) is 7.27. The number of benzene rings is 3. The first-order valence-electron chi connectivity index (χ1n) is 18.2. The van der Waals surface area contributed by atoms with Gasteiger partial charge in [0, 0.05) is 36.4 Å². The fourth-order valence-electron chi connectivity index (χ4n) is 7.27. The zero-order chi connectivity index (χ0) is 40.5. The molecule has 0 saturated carbocycles. The Morgan fingerprint density at radius 2 is 1.55 bits per heavy atom. The van der Waals surface area contributed by atoms with Crippen molar-refractivity contribution < 1.29 is 50.2 Å². The average Bonchev–Trinajstić information content (AvgIpc) is 3.32. The van der Waals surface area contributed by atoms with Gasteiger partial charge in [-0.3, -0.25) is 14.5 Å². The van der Waals surface area contributed by atoms with Crippen LogP contribution in [-0.4, -0.2) is 77.8 Å². The summed E-state index contributed by atoms with van der Waals surface area (Å²) < 4.78 is 98.7. The highest BCUT2D eigenvalue weighted by atomic mass is 19.4. The van der Waals surface area contributed by atoms with E-state index in [1.54, 1.807) is 58.0 Å². The van der Waals surface area contributed by atoms with Crippen molar-refractivity contribution in [2.75, 3.05) is 24.5 Å². The zero-order valence-corrected chi connectivity index (χ0v) is 31.6. The predicted octanol–water partition coefficient (Wildman–Crippen LogP) is 7.86. The van der Waals surface area contributed by atoms with E-state index in [-0.39, 0.29) is 36.7 Å². The number of hydrogen-bond donors (Lipinski definition) is 1. The van der Waals surface area contributed by atoms with Crippen molar-refractivity contribution in [3.63, 3.8) is 0 Å². The third-order valence-corrected chi connectivity index (χ3v) is 10.1. The number of nitrogens with one attached hydrogen (secondary N) is 1. The Kier molecular flexibility index (Phi) is 11.9. The van der Waals surface area contributed by atoms with E-state index >= 15 is 0 Å². The minimum atomic E-state index is -5.85. The number of aryl methyl sites for hydroxylation is 1. The molecule has 5 rings (SSSR count). The lowest BCUT2D eigenvalue weighted by molar-refractivity contribution is -0.392.